The molecule has 1 heterocycles. The topological polar surface area (TPSA) is 80.8 Å². The van der Waals surface area contributed by atoms with Crippen LogP contribution in [-0.4, -0.2) is 55.9 Å². The molecule has 0 radical (unpaired) electrons. The number of amides is 1. The smallest absolute Gasteiger partial charge is 0.338 e. The average Bonchev–Trinajstić information content (AvgIpc) is 2.92. The Hall–Kier alpha value is -1.16. The first-order valence-electron chi connectivity index (χ1n) is 8.25. The highest BCUT2D eigenvalue weighted by molar-refractivity contribution is 14.1. The predicted molar refractivity (Wildman–Crippen MR) is 103 cm³/mol. The van der Waals surface area contributed by atoms with Gasteiger partial charge in [0.1, 0.15) is 0 Å². The molecule has 1 unspecified atom stereocenters. The molecule has 0 saturated carbocycles. The lowest BCUT2D eigenvalue weighted by molar-refractivity contribution is -0.136. The van der Waals surface area contributed by atoms with Crippen LogP contribution in [0.4, 0.5) is 0 Å². The van der Waals surface area contributed by atoms with Gasteiger partial charge < -0.3 is 9.64 Å². The monoisotopic (exact) mass is 479 g/mol. The standard InChI is InChI=1S/C17H22INO5S/c1-2-3-8-19(15-7-9-25(22,23)12-15)16(20)11-24-17(21)13-5-4-6-14(18)10-13/h4-6,10,15H,2-3,7-9,11-12H2,1H3. The third-order valence-electron chi connectivity index (χ3n) is 4.11. The lowest BCUT2D eigenvalue weighted by atomic mass is 10.2. The zero-order valence-electron chi connectivity index (χ0n) is 14.1. The number of benzene rings is 1. The van der Waals surface area contributed by atoms with Crippen LogP contribution >= 0.6 is 22.6 Å². The van der Waals surface area contributed by atoms with Crippen LogP contribution in [0.2, 0.25) is 0 Å². The molecule has 1 fully saturated rings. The molecule has 0 N–H and O–H groups in total. The number of carbonyl (C=O) groups is 2. The summed E-state index contributed by atoms with van der Waals surface area (Å²) in [6.07, 6.45) is 2.13. The number of unbranched alkanes of at least 4 members (excludes halogenated alkanes) is 1. The van der Waals surface area contributed by atoms with Crippen LogP contribution in [0.3, 0.4) is 0 Å². The molecule has 0 aromatic heterocycles. The molecule has 1 aromatic carbocycles. The summed E-state index contributed by atoms with van der Waals surface area (Å²) in [4.78, 5) is 26.1. The van der Waals surface area contributed by atoms with Crippen LogP contribution in [0, 0.1) is 3.57 Å². The Morgan fingerprint density at radius 1 is 1.36 bits per heavy atom. The Morgan fingerprint density at radius 2 is 2.12 bits per heavy atom. The Balaban J connectivity index is 1.98. The molecule has 1 aliphatic heterocycles. The van der Waals surface area contributed by atoms with Crippen molar-refractivity contribution in [2.45, 2.75) is 32.2 Å². The maximum atomic E-state index is 12.5. The van der Waals surface area contributed by atoms with Crippen LogP contribution in [0.15, 0.2) is 24.3 Å². The van der Waals surface area contributed by atoms with Crippen molar-refractivity contribution in [3.8, 4) is 0 Å². The molecule has 6 nitrogen and oxygen atoms in total. The number of hydrogen-bond donors (Lipinski definition) is 0. The largest absolute Gasteiger partial charge is 0.452 e. The minimum absolute atomic E-state index is 0.00667. The Labute approximate surface area is 162 Å². The minimum atomic E-state index is -3.08. The molecule has 8 heteroatoms. The molecule has 0 spiro atoms. The van der Waals surface area contributed by atoms with E-state index in [-0.39, 0.29) is 30.1 Å². The number of halogens is 1. The van der Waals surface area contributed by atoms with E-state index < -0.39 is 15.8 Å². The molecular formula is C17H22INO5S. The molecule has 25 heavy (non-hydrogen) atoms. The van der Waals surface area contributed by atoms with Crippen molar-refractivity contribution in [2.24, 2.45) is 0 Å². The summed E-state index contributed by atoms with van der Waals surface area (Å²) < 4.78 is 29.4. The van der Waals surface area contributed by atoms with Crippen molar-refractivity contribution >= 4 is 44.3 Å². The molecule has 0 bridgehead atoms. The van der Waals surface area contributed by atoms with Crippen LogP contribution in [0.5, 0.6) is 0 Å². The highest BCUT2D eigenvalue weighted by Gasteiger charge is 2.34. The number of hydrogen-bond acceptors (Lipinski definition) is 5. The zero-order chi connectivity index (χ0) is 18.4. The Morgan fingerprint density at radius 3 is 2.72 bits per heavy atom. The molecule has 1 aromatic rings. The highest BCUT2D eigenvalue weighted by Crippen LogP contribution is 2.19. The summed E-state index contributed by atoms with van der Waals surface area (Å²) in [6, 6.07) is 6.60. The van der Waals surface area contributed by atoms with Crippen LogP contribution in [-0.2, 0) is 19.4 Å². The van der Waals surface area contributed by atoms with E-state index in [9.17, 15) is 18.0 Å². The van der Waals surface area contributed by atoms with E-state index in [2.05, 4.69) is 22.6 Å². The summed E-state index contributed by atoms with van der Waals surface area (Å²) in [5.74, 6) is -0.792. The first-order chi connectivity index (χ1) is 11.8. The van der Waals surface area contributed by atoms with E-state index in [4.69, 9.17) is 4.74 Å². The fraction of sp³-hybridized carbons (Fsp3) is 0.529. The van der Waals surface area contributed by atoms with Gasteiger partial charge in [0.25, 0.3) is 5.91 Å². The fourth-order valence-electron chi connectivity index (χ4n) is 2.77. The molecule has 1 atom stereocenters. The number of nitrogens with zero attached hydrogens (tertiary/aromatic N) is 1. The minimum Gasteiger partial charge on any atom is -0.452 e. The van der Waals surface area contributed by atoms with Gasteiger partial charge in [-0.25, -0.2) is 13.2 Å². The second kappa shape index (κ2) is 8.98. The molecular weight excluding hydrogens is 457 g/mol. The SMILES string of the molecule is CCCCN(C(=O)COC(=O)c1cccc(I)c1)C1CCS(=O)(=O)C1. The molecule has 138 valence electrons. The number of carbonyl (C=O) groups excluding carboxylic acids is 2. The van der Waals surface area contributed by atoms with Crippen molar-refractivity contribution in [3.63, 3.8) is 0 Å². The second-order valence-corrected chi connectivity index (χ2v) is 9.56. The summed E-state index contributed by atoms with van der Waals surface area (Å²) in [7, 11) is -3.08. The van der Waals surface area contributed by atoms with E-state index in [0.717, 1.165) is 16.4 Å². The van der Waals surface area contributed by atoms with Crippen LogP contribution in [0.25, 0.3) is 0 Å². The average molecular weight is 479 g/mol. The van der Waals surface area contributed by atoms with E-state index in [1.807, 2.05) is 13.0 Å². The van der Waals surface area contributed by atoms with E-state index in [1.165, 1.54) is 0 Å². The van der Waals surface area contributed by atoms with Crippen molar-refractivity contribution < 1.29 is 22.7 Å². The first kappa shape index (κ1) is 20.2. The van der Waals surface area contributed by atoms with E-state index in [1.54, 1.807) is 23.1 Å². The lowest BCUT2D eigenvalue weighted by Gasteiger charge is -2.28. The van der Waals surface area contributed by atoms with Gasteiger partial charge in [-0.05, 0) is 53.6 Å². The molecule has 0 aliphatic carbocycles. The van der Waals surface area contributed by atoms with Gasteiger partial charge in [-0.15, -0.1) is 0 Å². The number of rotatable bonds is 7. The van der Waals surface area contributed by atoms with Gasteiger partial charge in [0, 0.05) is 16.2 Å². The van der Waals surface area contributed by atoms with Crippen LogP contribution < -0.4 is 0 Å². The normalized spacial score (nSPS) is 18.7. The Bertz CT molecular complexity index is 734. The van der Waals surface area contributed by atoms with Gasteiger partial charge in [-0.2, -0.15) is 0 Å². The van der Waals surface area contributed by atoms with Gasteiger partial charge in [0.2, 0.25) is 0 Å². The molecule has 1 saturated heterocycles. The zero-order valence-corrected chi connectivity index (χ0v) is 17.1. The third-order valence-corrected chi connectivity index (χ3v) is 6.53. The van der Waals surface area contributed by atoms with E-state index in [0.29, 0.717) is 18.5 Å². The number of esters is 1. The molecule has 1 aliphatic rings. The van der Waals surface area contributed by atoms with E-state index >= 15 is 0 Å². The maximum absolute atomic E-state index is 12.5. The highest BCUT2D eigenvalue weighted by atomic mass is 127. The lowest BCUT2D eigenvalue weighted by Crippen LogP contribution is -2.43. The fourth-order valence-corrected chi connectivity index (χ4v) is 5.04. The number of sulfone groups is 1. The van der Waals surface area contributed by atoms with Crippen molar-refractivity contribution in [2.75, 3.05) is 24.7 Å². The van der Waals surface area contributed by atoms with Crippen molar-refractivity contribution in [1.29, 1.82) is 0 Å². The first-order valence-corrected chi connectivity index (χ1v) is 11.1. The van der Waals surface area contributed by atoms with Crippen molar-refractivity contribution in [3.05, 3.63) is 33.4 Å². The van der Waals surface area contributed by atoms with Crippen LogP contribution in [0.1, 0.15) is 36.5 Å². The number of ether oxygens (including phenoxy) is 1. The quantitative estimate of drug-likeness (QED) is 0.443. The summed E-state index contributed by atoms with van der Waals surface area (Å²) in [5, 5.41) is 0. The van der Waals surface area contributed by atoms with Gasteiger partial charge >= 0.3 is 5.97 Å². The Kier molecular flexibility index (Phi) is 7.24. The second-order valence-electron chi connectivity index (χ2n) is 6.08. The maximum Gasteiger partial charge on any atom is 0.338 e. The van der Waals surface area contributed by atoms with Gasteiger partial charge in [-0.1, -0.05) is 19.4 Å². The molecule has 1 amide bonds. The summed E-state index contributed by atoms with van der Waals surface area (Å²) in [6.45, 7) is 2.12. The van der Waals surface area contributed by atoms with Gasteiger partial charge in [0.15, 0.2) is 16.4 Å². The third kappa shape index (κ3) is 5.95. The summed E-state index contributed by atoms with van der Waals surface area (Å²) >= 11 is 2.10. The van der Waals surface area contributed by atoms with Gasteiger partial charge in [0.05, 0.1) is 17.1 Å². The summed E-state index contributed by atoms with van der Waals surface area (Å²) in [5.41, 5.74) is 0.392. The molecule has 2 rings (SSSR count). The predicted octanol–water partition coefficient (Wildman–Crippen LogP) is 2.26. The van der Waals surface area contributed by atoms with Crippen molar-refractivity contribution in [1.82, 2.24) is 4.90 Å². The van der Waals surface area contributed by atoms with Gasteiger partial charge in [-0.3, -0.25) is 4.79 Å².